The molecule has 0 N–H and O–H groups in total. The first-order valence-corrected chi connectivity index (χ1v) is 7.01. The summed E-state index contributed by atoms with van der Waals surface area (Å²) in [4.78, 5) is 0. The van der Waals surface area contributed by atoms with Crippen molar-refractivity contribution in [1.82, 2.24) is 0 Å². The van der Waals surface area contributed by atoms with Crippen LogP contribution >= 0.6 is 0 Å². The molecule has 0 aromatic heterocycles. The van der Waals surface area contributed by atoms with E-state index in [-0.39, 0.29) is 0 Å². The lowest BCUT2D eigenvalue weighted by Gasteiger charge is -2.06. The van der Waals surface area contributed by atoms with Gasteiger partial charge in [-0.2, -0.15) is 0 Å². The van der Waals surface area contributed by atoms with Crippen LogP contribution in [0.15, 0.2) is 84.9 Å². The summed E-state index contributed by atoms with van der Waals surface area (Å²) < 4.78 is 5.55. The maximum Gasteiger partial charge on any atom is 0.200 e. The maximum atomic E-state index is 5.55. The molecule has 21 heavy (non-hydrogen) atoms. The monoisotopic (exact) mass is 272 g/mol. The molecule has 1 nitrogen and oxygen atoms in total. The molecule has 0 aliphatic rings. The minimum Gasteiger partial charge on any atom is -0.478 e. The van der Waals surface area contributed by atoms with Crippen molar-refractivity contribution in [3.05, 3.63) is 97.1 Å². The lowest BCUT2D eigenvalue weighted by Crippen LogP contribution is -1.94. The Hall–Kier alpha value is -2.54. The van der Waals surface area contributed by atoms with E-state index in [0.717, 1.165) is 5.75 Å². The highest BCUT2D eigenvalue weighted by atomic mass is 16.5. The van der Waals surface area contributed by atoms with Crippen molar-refractivity contribution < 1.29 is 4.74 Å². The molecule has 1 heteroatoms. The normalized spacial score (nSPS) is 10.3. The van der Waals surface area contributed by atoms with Crippen molar-refractivity contribution in [2.75, 3.05) is 0 Å². The Morgan fingerprint density at radius 2 is 1.19 bits per heavy atom. The third-order valence-electron chi connectivity index (χ3n) is 3.27. The van der Waals surface area contributed by atoms with E-state index in [2.05, 4.69) is 43.0 Å². The number of ether oxygens (including phenoxy) is 1. The van der Waals surface area contributed by atoms with Gasteiger partial charge in [-0.1, -0.05) is 72.8 Å². The summed E-state index contributed by atoms with van der Waals surface area (Å²) in [6, 6.07) is 28.6. The first-order valence-electron chi connectivity index (χ1n) is 7.01. The van der Waals surface area contributed by atoms with E-state index < -0.39 is 0 Å². The molecule has 0 aliphatic carbocycles. The van der Waals surface area contributed by atoms with E-state index in [9.17, 15) is 0 Å². The number of hydrogen-bond donors (Lipinski definition) is 0. The largest absolute Gasteiger partial charge is 0.478 e. The predicted molar refractivity (Wildman–Crippen MR) is 85.9 cm³/mol. The maximum absolute atomic E-state index is 5.55. The highest BCUT2D eigenvalue weighted by Crippen LogP contribution is 2.22. The minimum atomic E-state index is 0.682. The molecule has 0 amide bonds. The Labute approximate surface area is 125 Å². The Bertz CT molecular complexity index is 657. The van der Waals surface area contributed by atoms with E-state index in [1.807, 2.05) is 48.5 Å². The van der Waals surface area contributed by atoms with Gasteiger partial charge in [0, 0.05) is 6.42 Å². The van der Waals surface area contributed by atoms with Crippen molar-refractivity contribution in [2.45, 2.75) is 6.42 Å². The summed E-state index contributed by atoms with van der Waals surface area (Å²) in [6.45, 7) is 2.98. The Morgan fingerprint density at radius 3 is 1.86 bits per heavy atom. The molecule has 0 bridgehead atoms. The Kier molecular flexibility index (Phi) is 4.33. The van der Waals surface area contributed by atoms with Crippen LogP contribution in [0.3, 0.4) is 0 Å². The molecule has 102 valence electrons. The fraction of sp³-hybridized carbons (Fsp3) is 0.0500. The molecule has 0 fully saturated rings. The summed E-state index contributed by atoms with van der Waals surface area (Å²) in [5.41, 5.74) is 3.59. The third-order valence-corrected chi connectivity index (χ3v) is 3.27. The van der Waals surface area contributed by atoms with Crippen LogP contribution in [0.25, 0.3) is 11.1 Å². The second-order valence-electron chi connectivity index (χ2n) is 4.80. The second-order valence-corrected chi connectivity index (χ2v) is 4.80. The van der Waals surface area contributed by atoms with E-state index >= 15 is 0 Å². The highest BCUT2D eigenvalue weighted by Gasteiger charge is 1.99. The first kappa shape index (κ1) is 13.4. The topological polar surface area (TPSA) is 9.23 Å². The summed E-state index contributed by atoms with van der Waals surface area (Å²) in [6.07, 6.45) is 0.682. The molecule has 0 saturated carbocycles. The van der Waals surface area contributed by atoms with Gasteiger partial charge < -0.3 is 4.74 Å². The van der Waals surface area contributed by atoms with E-state index in [4.69, 9.17) is 4.74 Å². The van der Waals surface area contributed by atoms with Crippen LogP contribution in [-0.2, 0) is 6.42 Å². The van der Waals surface area contributed by atoms with Gasteiger partial charge in [0.05, 0.1) is 0 Å². The van der Waals surface area contributed by atoms with Crippen molar-refractivity contribution in [2.24, 2.45) is 0 Å². The third kappa shape index (κ3) is 3.73. The van der Waals surface area contributed by atoms with Gasteiger partial charge in [-0.25, -0.2) is 0 Å². The van der Waals surface area contributed by atoms with Gasteiger partial charge in [0.15, 0.2) is 0 Å². The summed E-state index contributed by atoms with van der Waals surface area (Å²) in [5, 5.41) is 0. The molecule has 0 saturated heterocycles. The number of hydrogen-bond acceptors (Lipinski definition) is 1. The first-order chi connectivity index (χ1) is 10.4. The van der Waals surface area contributed by atoms with Crippen molar-refractivity contribution in [3.8, 4) is 16.9 Å². The number of benzene rings is 3. The minimum absolute atomic E-state index is 0.682. The average Bonchev–Trinajstić information content (AvgIpc) is 2.57. The van der Waals surface area contributed by atoms with Gasteiger partial charge in [-0.3, -0.25) is 0 Å². The quantitative estimate of drug-likeness (QED) is 0.634. The van der Waals surface area contributed by atoms with Crippen LogP contribution < -0.4 is 4.74 Å². The van der Waals surface area contributed by atoms with Crippen LogP contribution in [0.2, 0.25) is 0 Å². The van der Waals surface area contributed by atoms with Crippen LogP contribution in [0.1, 0.15) is 5.56 Å². The zero-order chi connectivity index (χ0) is 14.3. The van der Waals surface area contributed by atoms with Crippen molar-refractivity contribution in [3.63, 3.8) is 0 Å². The summed E-state index contributed by atoms with van der Waals surface area (Å²) >= 11 is 0. The van der Waals surface area contributed by atoms with Gasteiger partial charge in [-0.15, -0.1) is 0 Å². The second kappa shape index (κ2) is 6.76. The fourth-order valence-corrected chi connectivity index (χ4v) is 2.14. The van der Waals surface area contributed by atoms with Crippen LogP contribution in [-0.4, -0.2) is 0 Å². The van der Waals surface area contributed by atoms with Crippen LogP contribution in [0.5, 0.6) is 5.75 Å². The molecule has 2 radical (unpaired) electrons. The lowest BCUT2D eigenvalue weighted by atomic mass is 10.1. The molecule has 0 aliphatic heterocycles. The predicted octanol–water partition coefficient (Wildman–Crippen LogP) is 5.01. The molecule has 3 aromatic rings. The molecule has 0 heterocycles. The molecule has 3 aromatic carbocycles. The molecule has 0 atom stereocenters. The summed E-state index contributed by atoms with van der Waals surface area (Å²) in [7, 11) is 0. The van der Waals surface area contributed by atoms with Gasteiger partial charge in [0.2, 0.25) is 6.61 Å². The molecular weight excluding hydrogens is 256 g/mol. The summed E-state index contributed by atoms with van der Waals surface area (Å²) in [5.74, 6) is 0.811. The fourth-order valence-electron chi connectivity index (χ4n) is 2.14. The van der Waals surface area contributed by atoms with Gasteiger partial charge in [0.25, 0.3) is 0 Å². The van der Waals surface area contributed by atoms with Crippen molar-refractivity contribution >= 4 is 0 Å². The van der Waals surface area contributed by atoms with Gasteiger partial charge in [0.1, 0.15) is 5.75 Å². The van der Waals surface area contributed by atoms with Crippen LogP contribution in [0.4, 0.5) is 0 Å². The Morgan fingerprint density at radius 1 is 0.619 bits per heavy atom. The van der Waals surface area contributed by atoms with Gasteiger partial charge >= 0.3 is 0 Å². The van der Waals surface area contributed by atoms with E-state index in [1.54, 1.807) is 0 Å². The average molecular weight is 272 g/mol. The molecule has 0 spiro atoms. The van der Waals surface area contributed by atoms with Gasteiger partial charge in [-0.05, 0) is 28.8 Å². The number of rotatable bonds is 5. The smallest absolute Gasteiger partial charge is 0.200 e. The molecule has 3 rings (SSSR count). The highest BCUT2D eigenvalue weighted by molar-refractivity contribution is 5.63. The zero-order valence-electron chi connectivity index (χ0n) is 11.7. The standard InChI is InChI=1S/C20H16O/c1-3-7-17(8-4-1)15-16-21-20-13-11-19(12-14-20)18-9-5-2-6-10-18/h1-14H,15H2. The lowest BCUT2D eigenvalue weighted by molar-refractivity contribution is 0.401. The van der Waals surface area contributed by atoms with E-state index in [1.165, 1.54) is 16.7 Å². The SMILES string of the molecule is [C](Cc1ccccc1)Oc1ccc(-c2ccccc2)cc1. The molecule has 0 unspecified atom stereocenters. The molecular formula is C20H16O. The Balaban J connectivity index is 1.58. The zero-order valence-corrected chi connectivity index (χ0v) is 11.7. The van der Waals surface area contributed by atoms with Crippen LogP contribution in [0, 0.1) is 6.61 Å². The van der Waals surface area contributed by atoms with E-state index in [0.29, 0.717) is 6.42 Å². The van der Waals surface area contributed by atoms with Crippen molar-refractivity contribution in [1.29, 1.82) is 0 Å².